The minimum absolute atomic E-state index is 0.521. The summed E-state index contributed by atoms with van der Waals surface area (Å²) >= 11 is 0. The van der Waals surface area contributed by atoms with Crippen molar-refractivity contribution in [1.29, 1.82) is 0 Å². The summed E-state index contributed by atoms with van der Waals surface area (Å²) in [4.78, 5) is 4.64. The number of nitrogens with zero attached hydrogens (tertiary/aromatic N) is 1. The summed E-state index contributed by atoms with van der Waals surface area (Å²) in [6.07, 6.45) is 2.71. The number of benzene rings is 3. The van der Waals surface area contributed by atoms with Crippen molar-refractivity contribution in [2.75, 3.05) is 0 Å². The lowest BCUT2D eigenvalue weighted by atomic mass is 9.92. The molecule has 1 atom stereocenters. The first-order valence-corrected chi connectivity index (χ1v) is 8.93. The molecule has 0 amide bonds. The summed E-state index contributed by atoms with van der Waals surface area (Å²) in [6.45, 7) is 0. The number of hydrogen-bond acceptors (Lipinski definition) is 2. The second-order valence-electron chi connectivity index (χ2n) is 6.57. The van der Waals surface area contributed by atoms with Gasteiger partial charge in [-0.15, -0.1) is 0 Å². The summed E-state index contributed by atoms with van der Waals surface area (Å²) < 4.78 is 0. The molecule has 0 saturated carbocycles. The Morgan fingerprint density at radius 2 is 1.50 bits per heavy atom. The quantitative estimate of drug-likeness (QED) is 0.548. The fourth-order valence-corrected chi connectivity index (χ4v) is 3.44. The molecule has 2 heteroatoms. The third kappa shape index (κ3) is 3.51. The molecule has 1 N–H and O–H groups in total. The highest BCUT2D eigenvalue weighted by atomic mass is 16.3. The van der Waals surface area contributed by atoms with Crippen LogP contribution in [0.3, 0.4) is 0 Å². The van der Waals surface area contributed by atoms with Crippen LogP contribution in [0.2, 0.25) is 0 Å². The number of aliphatic hydroxyl groups is 1. The molecule has 0 bridgehead atoms. The van der Waals surface area contributed by atoms with E-state index in [-0.39, 0.29) is 0 Å². The van der Waals surface area contributed by atoms with Crippen molar-refractivity contribution >= 4 is 10.9 Å². The highest BCUT2D eigenvalue weighted by molar-refractivity contribution is 5.83. The van der Waals surface area contributed by atoms with Gasteiger partial charge in [-0.2, -0.15) is 0 Å². The summed E-state index contributed by atoms with van der Waals surface area (Å²) in [7, 11) is 0. The molecule has 0 radical (unpaired) electrons. The Morgan fingerprint density at radius 1 is 0.769 bits per heavy atom. The van der Waals surface area contributed by atoms with E-state index >= 15 is 0 Å². The average molecular weight is 339 g/mol. The van der Waals surface area contributed by atoms with Crippen LogP contribution in [0.5, 0.6) is 0 Å². The van der Waals surface area contributed by atoms with Gasteiger partial charge in [0.15, 0.2) is 0 Å². The van der Waals surface area contributed by atoms with Crippen LogP contribution in [0.4, 0.5) is 0 Å². The first-order valence-electron chi connectivity index (χ1n) is 8.93. The minimum Gasteiger partial charge on any atom is -0.388 e. The van der Waals surface area contributed by atoms with Gasteiger partial charge in [-0.1, -0.05) is 78.9 Å². The lowest BCUT2D eigenvalue weighted by Gasteiger charge is -2.16. The Kier molecular flexibility index (Phi) is 4.76. The first-order chi connectivity index (χ1) is 12.8. The van der Waals surface area contributed by atoms with E-state index in [0.717, 1.165) is 28.5 Å². The second kappa shape index (κ2) is 7.51. The van der Waals surface area contributed by atoms with E-state index in [0.29, 0.717) is 6.42 Å². The molecule has 1 heterocycles. The Morgan fingerprint density at radius 3 is 2.27 bits per heavy atom. The molecule has 0 saturated heterocycles. The van der Waals surface area contributed by atoms with Gasteiger partial charge < -0.3 is 5.11 Å². The molecule has 0 aliphatic carbocycles. The number of hydrogen-bond donors (Lipinski definition) is 1. The number of aliphatic hydroxyl groups excluding tert-OH is 1. The van der Waals surface area contributed by atoms with Crippen LogP contribution in [0.1, 0.15) is 28.4 Å². The first kappa shape index (κ1) is 16.5. The Bertz CT molecular complexity index is 996. The van der Waals surface area contributed by atoms with E-state index in [4.69, 9.17) is 0 Å². The SMILES string of the molecule is OC(Cc1ccc2cccnc2c1Cc1ccccc1)c1ccccc1. The lowest BCUT2D eigenvalue weighted by Crippen LogP contribution is -2.06. The normalized spacial score (nSPS) is 12.2. The molecule has 0 aliphatic heterocycles. The second-order valence-corrected chi connectivity index (χ2v) is 6.57. The van der Waals surface area contributed by atoms with E-state index < -0.39 is 6.10 Å². The molecule has 1 aromatic heterocycles. The van der Waals surface area contributed by atoms with E-state index in [1.54, 1.807) is 0 Å². The zero-order valence-corrected chi connectivity index (χ0v) is 14.5. The summed E-state index contributed by atoms with van der Waals surface area (Å²) in [5, 5.41) is 11.9. The van der Waals surface area contributed by atoms with Gasteiger partial charge in [0.25, 0.3) is 0 Å². The zero-order chi connectivity index (χ0) is 17.8. The predicted octanol–water partition coefficient (Wildman–Crippen LogP) is 5.10. The van der Waals surface area contributed by atoms with Crippen molar-refractivity contribution in [2.24, 2.45) is 0 Å². The van der Waals surface area contributed by atoms with Crippen LogP contribution in [0.25, 0.3) is 10.9 Å². The molecule has 1 unspecified atom stereocenters. The Labute approximate surface area is 153 Å². The minimum atomic E-state index is -0.521. The van der Waals surface area contributed by atoms with Gasteiger partial charge in [0, 0.05) is 18.0 Å². The van der Waals surface area contributed by atoms with Gasteiger partial charge in [0.1, 0.15) is 0 Å². The number of aromatic nitrogens is 1. The van der Waals surface area contributed by atoms with E-state index in [9.17, 15) is 5.11 Å². The van der Waals surface area contributed by atoms with Gasteiger partial charge >= 0.3 is 0 Å². The molecule has 0 fully saturated rings. The summed E-state index contributed by atoms with van der Waals surface area (Å²) in [5.41, 5.74) is 5.56. The van der Waals surface area contributed by atoms with Crippen molar-refractivity contribution in [2.45, 2.75) is 18.9 Å². The van der Waals surface area contributed by atoms with Crippen molar-refractivity contribution in [3.05, 3.63) is 113 Å². The maximum atomic E-state index is 10.7. The van der Waals surface area contributed by atoms with Gasteiger partial charge in [-0.3, -0.25) is 4.98 Å². The molecular formula is C24H21NO. The Balaban J connectivity index is 1.75. The third-order valence-corrected chi connectivity index (χ3v) is 4.80. The topological polar surface area (TPSA) is 33.1 Å². The molecule has 128 valence electrons. The van der Waals surface area contributed by atoms with Gasteiger partial charge in [-0.05, 0) is 34.7 Å². The summed E-state index contributed by atoms with van der Waals surface area (Å²) in [5.74, 6) is 0. The van der Waals surface area contributed by atoms with E-state index in [1.165, 1.54) is 11.1 Å². The van der Waals surface area contributed by atoms with Crippen molar-refractivity contribution in [3.8, 4) is 0 Å². The van der Waals surface area contributed by atoms with Gasteiger partial charge in [0.2, 0.25) is 0 Å². The predicted molar refractivity (Wildman–Crippen MR) is 106 cm³/mol. The molecule has 0 spiro atoms. The number of rotatable bonds is 5. The largest absolute Gasteiger partial charge is 0.388 e. The van der Waals surface area contributed by atoms with Crippen molar-refractivity contribution in [1.82, 2.24) is 4.98 Å². The Hall–Kier alpha value is -2.97. The summed E-state index contributed by atoms with van der Waals surface area (Å²) in [6, 6.07) is 28.6. The number of fused-ring (bicyclic) bond motifs is 1. The van der Waals surface area contributed by atoms with Crippen LogP contribution in [-0.2, 0) is 12.8 Å². The highest BCUT2D eigenvalue weighted by Gasteiger charge is 2.14. The van der Waals surface area contributed by atoms with Crippen molar-refractivity contribution in [3.63, 3.8) is 0 Å². The standard InChI is InChI=1S/C24H21NO/c26-23(19-10-5-2-6-11-19)17-21-14-13-20-12-7-15-25-24(20)22(21)16-18-8-3-1-4-9-18/h1-15,23,26H,16-17H2. The monoisotopic (exact) mass is 339 g/mol. The van der Waals surface area contributed by atoms with Crippen LogP contribution in [0.15, 0.2) is 91.1 Å². The van der Waals surface area contributed by atoms with Crippen LogP contribution >= 0.6 is 0 Å². The molecule has 2 nitrogen and oxygen atoms in total. The van der Waals surface area contributed by atoms with Crippen LogP contribution < -0.4 is 0 Å². The fraction of sp³-hybridized carbons (Fsp3) is 0.125. The fourth-order valence-electron chi connectivity index (χ4n) is 3.44. The van der Waals surface area contributed by atoms with Crippen LogP contribution in [-0.4, -0.2) is 10.1 Å². The molecule has 4 rings (SSSR count). The zero-order valence-electron chi connectivity index (χ0n) is 14.5. The smallest absolute Gasteiger partial charge is 0.0830 e. The maximum absolute atomic E-state index is 10.7. The average Bonchev–Trinajstić information content (AvgIpc) is 2.71. The molecule has 0 aliphatic rings. The molecule has 26 heavy (non-hydrogen) atoms. The molecule has 4 aromatic rings. The highest BCUT2D eigenvalue weighted by Crippen LogP contribution is 2.27. The number of pyridine rings is 1. The lowest BCUT2D eigenvalue weighted by molar-refractivity contribution is 0.178. The van der Waals surface area contributed by atoms with E-state index in [2.05, 4.69) is 47.4 Å². The van der Waals surface area contributed by atoms with Crippen molar-refractivity contribution < 1.29 is 5.11 Å². The van der Waals surface area contributed by atoms with E-state index in [1.807, 2.05) is 48.7 Å². The van der Waals surface area contributed by atoms with Gasteiger partial charge in [0.05, 0.1) is 11.6 Å². The maximum Gasteiger partial charge on any atom is 0.0830 e. The third-order valence-electron chi connectivity index (χ3n) is 4.80. The van der Waals surface area contributed by atoms with Gasteiger partial charge in [-0.25, -0.2) is 0 Å². The van der Waals surface area contributed by atoms with Crippen LogP contribution in [0, 0.1) is 0 Å². The molecule has 3 aromatic carbocycles. The molecular weight excluding hydrogens is 318 g/mol.